The molecule has 0 saturated carbocycles. The van der Waals surface area contributed by atoms with Crippen molar-refractivity contribution in [3.63, 3.8) is 0 Å². The van der Waals surface area contributed by atoms with Crippen LogP contribution in [0.3, 0.4) is 0 Å². The Bertz CT molecular complexity index is 1120. The standard InChI is InChI=1S/C22H14N2O4/c23-12-14-10-19(25)21-20(14)17(22(26)27)11-18(24-21)13-6-8-16(9-7-13)28-15-4-2-1-3-5-15/h1-9,11,14H,10H2,(H,26,27). The van der Waals surface area contributed by atoms with Crippen LogP contribution >= 0.6 is 0 Å². The molecule has 0 aliphatic heterocycles. The number of ether oxygens (including phenoxy) is 1. The number of fused-ring (bicyclic) bond motifs is 1. The van der Waals surface area contributed by atoms with Crippen molar-refractivity contribution in [2.24, 2.45) is 0 Å². The summed E-state index contributed by atoms with van der Waals surface area (Å²) in [6.07, 6.45) is -0.0353. The number of aromatic carboxylic acids is 1. The maximum absolute atomic E-state index is 12.2. The van der Waals surface area contributed by atoms with Crippen molar-refractivity contribution in [1.29, 1.82) is 5.26 Å². The molecule has 0 radical (unpaired) electrons. The van der Waals surface area contributed by atoms with Crippen LogP contribution in [-0.2, 0) is 0 Å². The number of aromatic nitrogens is 1. The molecule has 1 aromatic heterocycles. The molecule has 136 valence electrons. The highest BCUT2D eigenvalue weighted by Gasteiger charge is 2.35. The maximum atomic E-state index is 12.2. The van der Waals surface area contributed by atoms with Crippen LogP contribution in [0, 0.1) is 11.3 Å². The van der Waals surface area contributed by atoms with Gasteiger partial charge in [-0.05, 0) is 42.5 Å². The van der Waals surface area contributed by atoms with E-state index in [9.17, 15) is 20.0 Å². The molecule has 1 heterocycles. The number of nitrogens with zero attached hydrogens (tertiary/aromatic N) is 2. The average molecular weight is 370 g/mol. The Hall–Kier alpha value is -3.98. The van der Waals surface area contributed by atoms with Crippen molar-refractivity contribution >= 4 is 11.8 Å². The first kappa shape index (κ1) is 17.4. The van der Waals surface area contributed by atoms with E-state index in [-0.39, 0.29) is 29.0 Å². The lowest BCUT2D eigenvalue weighted by molar-refractivity contribution is 0.0695. The van der Waals surface area contributed by atoms with Crippen LogP contribution in [0.15, 0.2) is 60.7 Å². The fourth-order valence-electron chi connectivity index (χ4n) is 3.26. The van der Waals surface area contributed by atoms with Crippen molar-refractivity contribution in [2.45, 2.75) is 12.3 Å². The summed E-state index contributed by atoms with van der Waals surface area (Å²) in [6.45, 7) is 0. The van der Waals surface area contributed by atoms with Gasteiger partial charge in [-0.25, -0.2) is 9.78 Å². The molecule has 1 aliphatic carbocycles. The van der Waals surface area contributed by atoms with Gasteiger partial charge in [0.05, 0.1) is 23.2 Å². The number of hydrogen-bond acceptors (Lipinski definition) is 5. The highest BCUT2D eigenvalue weighted by Crippen LogP contribution is 2.36. The zero-order valence-corrected chi connectivity index (χ0v) is 14.6. The van der Waals surface area contributed by atoms with Crippen molar-refractivity contribution in [1.82, 2.24) is 4.98 Å². The number of ketones is 1. The molecule has 1 atom stereocenters. The third-order valence-corrected chi connectivity index (χ3v) is 4.58. The normalized spacial score (nSPS) is 15.0. The molecule has 1 unspecified atom stereocenters. The molecular formula is C22H14N2O4. The number of nitriles is 1. The lowest BCUT2D eigenvalue weighted by Crippen LogP contribution is -2.07. The second kappa shape index (κ2) is 6.97. The first-order valence-electron chi connectivity index (χ1n) is 8.61. The van der Waals surface area contributed by atoms with Gasteiger partial charge < -0.3 is 9.84 Å². The molecule has 6 nitrogen and oxygen atoms in total. The molecule has 0 bridgehead atoms. The number of carboxylic acids is 1. The van der Waals surface area contributed by atoms with Gasteiger partial charge in [0.15, 0.2) is 5.78 Å². The summed E-state index contributed by atoms with van der Waals surface area (Å²) in [7, 11) is 0. The Labute approximate surface area is 160 Å². The van der Waals surface area contributed by atoms with Gasteiger partial charge in [-0.2, -0.15) is 5.26 Å². The van der Waals surface area contributed by atoms with E-state index in [2.05, 4.69) is 4.98 Å². The first-order valence-corrected chi connectivity index (χ1v) is 8.61. The van der Waals surface area contributed by atoms with Gasteiger partial charge in [0.25, 0.3) is 0 Å². The Morgan fingerprint density at radius 2 is 1.79 bits per heavy atom. The Morgan fingerprint density at radius 1 is 1.11 bits per heavy atom. The number of Topliss-reactive ketones (excluding diaryl/α,β-unsaturated/α-hetero) is 1. The van der Waals surface area contributed by atoms with Crippen molar-refractivity contribution in [3.05, 3.63) is 77.5 Å². The molecular weight excluding hydrogens is 356 g/mol. The molecule has 3 aromatic rings. The van der Waals surface area contributed by atoms with Crippen LogP contribution in [-0.4, -0.2) is 21.8 Å². The molecule has 2 aromatic carbocycles. The zero-order chi connectivity index (χ0) is 19.7. The fourth-order valence-corrected chi connectivity index (χ4v) is 3.26. The summed E-state index contributed by atoms with van der Waals surface area (Å²) in [5, 5.41) is 18.8. The fraction of sp³-hybridized carbons (Fsp3) is 0.0909. The summed E-state index contributed by atoms with van der Waals surface area (Å²) in [5.74, 6) is -0.937. The number of hydrogen-bond donors (Lipinski definition) is 1. The summed E-state index contributed by atoms with van der Waals surface area (Å²) >= 11 is 0. The smallest absolute Gasteiger partial charge is 0.336 e. The van der Waals surface area contributed by atoms with Crippen LogP contribution < -0.4 is 4.74 Å². The second-order valence-corrected chi connectivity index (χ2v) is 6.37. The quantitative estimate of drug-likeness (QED) is 0.729. The second-order valence-electron chi connectivity index (χ2n) is 6.37. The highest BCUT2D eigenvalue weighted by atomic mass is 16.5. The van der Waals surface area contributed by atoms with Gasteiger partial charge >= 0.3 is 5.97 Å². The monoisotopic (exact) mass is 370 g/mol. The average Bonchev–Trinajstić information content (AvgIpc) is 3.04. The maximum Gasteiger partial charge on any atom is 0.336 e. The number of carboxylic acid groups (broad SMARTS) is 1. The van der Waals surface area contributed by atoms with Gasteiger partial charge in [0.1, 0.15) is 17.2 Å². The van der Waals surface area contributed by atoms with E-state index in [1.54, 1.807) is 24.3 Å². The van der Waals surface area contributed by atoms with E-state index in [1.165, 1.54) is 6.07 Å². The Morgan fingerprint density at radius 3 is 2.43 bits per heavy atom. The largest absolute Gasteiger partial charge is 0.478 e. The van der Waals surface area contributed by atoms with Crippen LogP contribution in [0.5, 0.6) is 11.5 Å². The van der Waals surface area contributed by atoms with Crippen LogP contribution in [0.25, 0.3) is 11.3 Å². The Balaban J connectivity index is 1.71. The SMILES string of the molecule is N#CC1CC(=O)c2nc(-c3ccc(Oc4ccccc4)cc3)cc(C(=O)O)c21. The number of benzene rings is 2. The number of pyridine rings is 1. The predicted octanol–water partition coefficient (Wildman–Crippen LogP) is 4.43. The van der Waals surface area contributed by atoms with Crippen molar-refractivity contribution in [3.8, 4) is 28.8 Å². The van der Waals surface area contributed by atoms with E-state index in [4.69, 9.17) is 4.74 Å². The van der Waals surface area contributed by atoms with E-state index in [0.29, 0.717) is 22.8 Å². The van der Waals surface area contributed by atoms with Crippen LogP contribution in [0.1, 0.15) is 38.7 Å². The predicted molar refractivity (Wildman–Crippen MR) is 100 cm³/mol. The lowest BCUT2D eigenvalue weighted by Gasteiger charge is -2.10. The lowest BCUT2D eigenvalue weighted by atomic mass is 9.97. The molecule has 28 heavy (non-hydrogen) atoms. The van der Waals surface area contributed by atoms with Gasteiger partial charge in [0, 0.05) is 17.5 Å². The summed E-state index contributed by atoms with van der Waals surface area (Å²) in [4.78, 5) is 28.3. The Kier molecular flexibility index (Phi) is 4.34. The van der Waals surface area contributed by atoms with Gasteiger partial charge in [-0.3, -0.25) is 4.79 Å². The molecule has 0 amide bonds. The minimum Gasteiger partial charge on any atom is -0.478 e. The third-order valence-electron chi connectivity index (χ3n) is 4.58. The molecule has 6 heteroatoms. The first-order chi connectivity index (χ1) is 13.6. The summed E-state index contributed by atoms with van der Waals surface area (Å²) < 4.78 is 5.75. The number of para-hydroxylation sites is 1. The van der Waals surface area contributed by atoms with Gasteiger partial charge in [-0.1, -0.05) is 18.2 Å². The molecule has 4 rings (SSSR count). The topological polar surface area (TPSA) is 100 Å². The van der Waals surface area contributed by atoms with Crippen molar-refractivity contribution < 1.29 is 19.4 Å². The minimum absolute atomic E-state index is 0.0353. The zero-order valence-electron chi connectivity index (χ0n) is 14.6. The minimum atomic E-state index is -1.18. The van der Waals surface area contributed by atoms with Gasteiger partial charge in [-0.15, -0.1) is 0 Å². The van der Waals surface area contributed by atoms with E-state index in [1.807, 2.05) is 36.4 Å². The number of carbonyl (C=O) groups excluding carboxylic acids is 1. The van der Waals surface area contributed by atoms with E-state index < -0.39 is 11.9 Å². The van der Waals surface area contributed by atoms with Gasteiger partial charge in [0.2, 0.25) is 0 Å². The van der Waals surface area contributed by atoms with E-state index in [0.717, 1.165) is 0 Å². The molecule has 1 N–H and O–H groups in total. The van der Waals surface area contributed by atoms with Crippen molar-refractivity contribution in [2.75, 3.05) is 0 Å². The molecule has 0 fully saturated rings. The summed E-state index contributed by atoms with van der Waals surface area (Å²) in [6, 6.07) is 19.7. The summed E-state index contributed by atoms with van der Waals surface area (Å²) in [5.41, 5.74) is 1.26. The van der Waals surface area contributed by atoms with Crippen LogP contribution in [0.4, 0.5) is 0 Å². The molecule has 0 spiro atoms. The molecule has 0 saturated heterocycles. The molecule has 1 aliphatic rings. The van der Waals surface area contributed by atoms with Crippen LogP contribution in [0.2, 0.25) is 0 Å². The van der Waals surface area contributed by atoms with E-state index >= 15 is 0 Å². The number of rotatable bonds is 4. The highest BCUT2D eigenvalue weighted by molar-refractivity contribution is 6.05. The number of carbonyl (C=O) groups is 2. The third kappa shape index (κ3) is 3.10.